The number of halogens is 2. The van der Waals surface area contributed by atoms with E-state index in [4.69, 9.17) is 11.6 Å². The molecule has 2 rings (SSSR count). The number of pyridine rings is 1. The van der Waals surface area contributed by atoms with Crippen LogP contribution < -0.4 is 5.32 Å². The highest BCUT2D eigenvalue weighted by molar-refractivity contribution is 9.10. The zero-order valence-electron chi connectivity index (χ0n) is 7.76. The summed E-state index contributed by atoms with van der Waals surface area (Å²) in [5.74, 6) is 0. The van der Waals surface area contributed by atoms with E-state index >= 15 is 0 Å². The summed E-state index contributed by atoms with van der Waals surface area (Å²) >= 11 is 9.36. The van der Waals surface area contributed by atoms with Gasteiger partial charge in [0.25, 0.3) is 0 Å². The number of hydrogen-bond acceptors (Lipinski definition) is 2. The highest BCUT2D eigenvalue weighted by Crippen LogP contribution is 2.43. The third-order valence-corrected chi connectivity index (χ3v) is 3.65. The molecule has 0 saturated heterocycles. The average molecular weight is 276 g/mol. The molecule has 1 aromatic rings. The van der Waals surface area contributed by atoms with Gasteiger partial charge in [-0.25, -0.2) is 4.98 Å². The minimum atomic E-state index is 0.382. The van der Waals surface area contributed by atoms with E-state index in [1.807, 2.05) is 18.3 Å². The fraction of sp³-hybridized carbons (Fsp3) is 0.500. The topological polar surface area (TPSA) is 24.9 Å². The van der Waals surface area contributed by atoms with Gasteiger partial charge < -0.3 is 5.32 Å². The van der Waals surface area contributed by atoms with Gasteiger partial charge in [-0.1, -0.05) is 33.6 Å². The van der Waals surface area contributed by atoms with Crippen LogP contribution in [-0.2, 0) is 6.54 Å². The zero-order chi connectivity index (χ0) is 10.0. The molecule has 0 bridgehead atoms. The average Bonchev–Trinajstić information content (AvgIpc) is 2.88. The predicted octanol–water partition coefficient (Wildman–Crippen LogP) is 2.75. The summed E-state index contributed by atoms with van der Waals surface area (Å²) in [7, 11) is 0. The summed E-state index contributed by atoms with van der Waals surface area (Å²) in [5, 5.41) is 3.94. The summed E-state index contributed by atoms with van der Waals surface area (Å²) < 4.78 is 0.382. The number of rotatable bonds is 4. The lowest BCUT2D eigenvalue weighted by Crippen LogP contribution is -2.23. The second kappa shape index (κ2) is 4.17. The molecule has 1 heterocycles. The van der Waals surface area contributed by atoms with E-state index in [-0.39, 0.29) is 0 Å². The molecule has 14 heavy (non-hydrogen) atoms. The molecule has 1 N–H and O–H groups in total. The Hall–Kier alpha value is -0.120. The Morgan fingerprint density at radius 2 is 2.29 bits per heavy atom. The van der Waals surface area contributed by atoms with Crippen molar-refractivity contribution in [2.24, 2.45) is 0 Å². The number of nitrogens with one attached hydrogen (secondary N) is 1. The maximum absolute atomic E-state index is 5.69. The first kappa shape index (κ1) is 10.4. The third-order valence-electron chi connectivity index (χ3n) is 2.35. The molecule has 1 aliphatic carbocycles. The van der Waals surface area contributed by atoms with Crippen LogP contribution in [0.5, 0.6) is 0 Å². The smallest absolute Gasteiger partial charge is 0.129 e. The molecular weight excluding hydrogens is 263 g/mol. The normalized spacial score (nSPS) is 18.1. The van der Waals surface area contributed by atoms with Crippen LogP contribution in [0.2, 0.25) is 5.15 Å². The second-order valence-electron chi connectivity index (χ2n) is 3.74. The number of alkyl halides is 1. The van der Waals surface area contributed by atoms with Gasteiger partial charge in [0.15, 0.2) is 0 Å². The molecule has 0 aromatic carbocycles. The maximum atomic E-state index is 5.69. The van der Waals surface area contributed by atoms with Crippen LogP contribution in [0.15, 0.2) is 18.3 Å². The van der Waals surface area contributed by atoms with Crippen molar-refractivity contribution in [2.45, 2.75) is 23.7 Å². The van der Waals surface area contributed by atoms with E-state index in [1.165, 1.54) is 18.4 Å². The lowest BCUT2D eigenvalue weighted by atomic mass is 10.3. The summed E-state index contributed by atoms with van der Waals surface area (Å²) in [6.07, 6.45) is 4.36. The van der Waals surface area contributed by atoms with Gasteiger partial charge in [0.05, 0.1) is 0 Å². The monoisotopic (exact) mass is 274 g/mol. The van der Waals surface area contributed by atoms with Gasteiger partial charge in [-0.15, -0.1) is 0 Å². The van der Waals surface area contributed by atoms with Crippen molar-refractivity contribution >= 4 is 27.5 Å². The second-order valence-corrected chi connectivity index (χ2v) is 5.81. The third kappa shape index (κ3) is 2.94. The molecule has 1 saturated carbocycles. The van der Waals surface area contributed by atoms with Gasteiger partial charge in [-0.05, 0) is 24.5 Å². The molecule has 2 nitrogen and oxygen atoms in total. The molecule has 0 amide bonds. The highest BCUT2D eigenvalue weighted by Gasteiger charge is 2.38. The molecule has 0 aliphatic heterocycles. The van der Waals surface area contributed by atoms with Crippen LogP contribution in [0.3, 0.4) is 0 Å². The van der Waals surface area contributed by atoms with Crippen LogP contribution in [0, 0.1) is 0 Å². The van der Waals surface area contributed by atoms with Crippen molar-refractivity contribution in [3.63, 3.8) is 0 Å². The summed E-state index contributed by atoms with van der Waals surface area (Å²) in [6, 6.07) is 3.82. The Balaban J connectivity index is 1.77. The summed E-state index contributed by atoms with van der Waals surface area (Å²) in [6.45, 7) is 1.88. The van der Waals surface area contributed by atoms with E-state index in [1.54, 1.807) is 0 Å². The first-order chi connectivity index (χ1) is 6.68. The Bertz CT molecular complexity index is 308. The molecule has 1 aliphatic rings. The first-order valence-corrected chi connectivity index (χ1v) is 5.85. The highest BCUT2D eigenvalue weighted by atomic mass is 79.9. The first-order valence-electron chi connectivity index (χ1n) is 4.68. The largest absolute Gasteiger partial charge is 0.311 e. The number of hydrogen-bond donors (Lipinski definition) is 1. The van der Waals surface area contributed by atoms with E-state index in [0.29, 0.717) is 9.48 Å². The fourth-order valence-electron chi connectivity index (χ4n) is 1.25. The Kier molecular flexibility index (Phi) is 3.10. The van der Waals surface area contributed by atoms with Crippen molar-refractivity contribution < 1.29 is 0 Å². The lowest BCUT2D eigenvalue weighted by Gasteiger charge is -2.08. The molecule has 1 fully saturated rings. The van der Waals surface area contributed by atoms with E-state index < -0.39 is 0 Å². The van der Waals surface area contributed by atoms with Crippen molar-refractivity contribution in [2.75, 3.05) is 6.54 Å². The summed E-state index contributed by atoms with van der Waals surface area (Å²) in [4.78, 5) is 4.02. The molecule has 1 aromatic heterocycles. The van der Waals surface area contributed by atoms with Crippen LogP contribution in [0.4, 0.5) is 0 Å². The molecule has 0 spiro atoms. The zero-order valence-corrected chi connectivity index (χ0v) is 10.1. The minimum Gasteiger partial charge on any atom is -0.311 e. The van der Waals surface area contributed by atoms with Gasteiger partial charge in [-0.2, -0.15) is 0 Å². The summed E-state index contributed by atoms with van der Waals surface area (Å²) in [5.41, 5.74) is 1.17. The SMILES string of the molecule is Clc1ccc(CNCC2(Br)CC2)cn1. The van der Waals surface area contributed by atoms with E-state index in [0.717, 1.165) is 13.1 Å². The van der Waals surface area contributed by atoms with E-state index in [9.17, 15) is 0 Å². The lowest BCUT2D eigenvalue weighted by molar-refractivity contribution is 0.667. The van der Waals surface area contributed by atoms with Crippen LogP contribution in [0.25, 0.3) is 0 Å². The van der Waals surface area contributed by atoms with Gasteiger partial charge in [0.2, 0.25) is 0 Å². The molecule has 0 radical (unpaired) electrons. The Labute approximate surface area is 97.2 Å². The Morgan fingerprint density at radius 3 is 2.86 bits per heavy atom. The number of aromatic nitrogens is 1. The molecular formula is C10H12BrClN2. The molecule has 0 unspecified atom stereocenters. The molecule has 76 valence electrons. The van der Waals surface area contributed by atoms with Crippen molar-refractivity contribution in [3.8, 4) is 0 Å². The molecule has 4 heteroatoms. The van der Waals surface area contributed by atoms with E-state index in [2.05, 4.69) is 26.2 Å². The molecule has 0 atom stereocenters. The minimum absolute atomic E-state index is 0.382. The number of nitrogens with zero attached hydrogens (tertiary/aromatic N) is 1. The fourth-order valence-corrected chi connectivity index (χ4v) is 1.76. The van der Waals surface area contributed by atoms with Crippen molar-refractivity contribution in [3.05, 3.63) is 29.0 Å². The Morgan fingerprint density at radius 1 is 1.50 bits per heavy atom. The van der Waals surface area contributed by atoms with Crippen LogP contribution >= 0.6 is 27.5 Å². The van der Waals surface area contributed by atoms with Crippen molar-refractivity contribution in [1.82, 2.24) is 10.3 Å². The van der Waals surface area contributed by atoms with Gasteiger partial charge >= 0.3 is 0 Å². The van der Waals surface area contributed by atoms with Gasteiger partial charge in [-0.3, -0.25) is 0 Å². The standard InChI is InChI=1S/C10H12BrClN2/c11-10(3-4-10)7-13-5-8-1-2-9(12)14-6-8/h1-2,6,13H,3-5,7H2. The predicted molar refractivity (Wildman–Crippen MR) is 61.8 cm³/mol. The van der Waals surface area contributed by atoms with Crippen molar-refractivity contribution in [1.29, 1.82) is 0 Å². The van der Waals surface area contributed by atoms with Gasteiger partial charge in [0, 0.05) is 23.6 Å². The van der Waals surface area contributed by atoms with Gasteiger partial charge in [0.1, 0.15) is 5.15 Å². The van der Waals surface area contributed by atoms with Crippen LogP contribution in [-0.4, -0.2) is 15.9 Å². The van der Waals surface area contributed by atoms with Crippen LogP contribution in [0.1, 0.15) is 18.4 Å². The quantitative estimate of drug-likeness (QED) is 0.675. The maximum Gasteiger partial charge on any atom is 0.129 e.